The lowest BCUT2D eigenvalue weighted by Gasteiger charge is -2.34. The van der Waals surface area contributed by atoms with Crippen LogP contribution in [0.3, 0.4) is 0 Å². The highest BCUT2D eigenvalue weighted by Gasteiger charge is 2.62. The van der Waals surface area contributed by atoms with Crippen LogP contribution in [0.4, 0.5) is 0 Å². The van der Waals surface area contributed by atoms with E-state index in [9.17, 15) is 31.2 Å². The van der Waals surface area contributed by atoms with Gasteiger partial charge in [-0.05, 0) is 56.2 Å². The number of sulfonamides is 2. The molecule has 7 rings (SSSR count). The molecule has 2 aliphatic carbocycles. The lowest BCUT2D eigenvalue weighted by Crippen LogP contribution is -2.58. The summed E-state index contributed by atoms with van der Waals surface area (Å²) >= 11 is 1.34. The normalized spacial score (nSPS) is 27.9. The molecule has 278 valence electrons. The Kier molecular flexibility index (Phi) is 10.2. The predicted octanol–water partition coefficient (Wildman–Crippen LogP) is 3.48. The van der Waals surface area contributed by atoms with E-state index in [1.807, 2.05) is 42.5 Å². The first-order valence-electron chi connectivity index (χ1n) is 17.7. The van der Waals surface area contributed by atoms with Crippen molar-refractivity contribution in [3.8, 4) is 5.19 Å². The minimum Gasteiger partial charge on any atom is -0.465 e. The van der Waals surface area contributed by atoms with E-state index in [0.29, 0.717) is 36.4 Å². The summed E-state index contributed by atoms with van der Waals surface area (Å²) in [7, 11) is -7.81. The molecule has 0 unspecified atom stereocenters. The smallest absolute Gasteiger partial charge is 0.274 e. The summed E-state index contributed by atoms with van der Waals surface area (Å²) in [6.45, 7) is -0.0551. The fraction of sp³-hybridized carbons (Fsp3) is 0.500. The SMILES string of the molecule is CS(=O)(=O)N(Cc1ccccc1)[C@H]1CCCCC/C=C\[C@@H]2C[C@@]2(C(=O)NS(=O)(=O)C2CC2)NC(=O)[C@@H]2C[C@@H](Oc3nc4ccccc4s3)CN2C1=O. The maximum atomic E-state index is 14.8. The average molecular weight is 770 g/mol. The number of para-hydroxylation sites is 1. The van der Waals surface area contributed by atoms with Crippen molar-refractivity contribution >= 4 is 59.3 Å². The Morgan fingerprint density at radius 2 is 1.79 bits per heavy atom. The maximum Gasteiger partial charge on any atom is 0.274 e. The summed E-state index contributed by atoms with van der Waals surface area (Å²) in [5.41, 5.74) is -0.0543. The van der Waals surface area contributed by atoms with Gasteiger partial charge in [0.25, 0.3) is 11.1 Å². The Labute approximate surface area is 307 Å². The van der Waals surface area contributed by atoms with E-state index in [4.69, 9.17) is 4.74 Å². The van der Waals surface area contributed by atoms with Crippen LogP contribution in [0, 0.1) is 5.92 Å². The summed E-state index contributed by atoms with van der Waals surface area (Å²) in [6.07, 6.45) is 8.35. The number of fused-ring (bicyclic) bond motifs is 3. The Morgan fingerprint density at radius 1 is 1.04 bits per heavy atom. The van der Waals surface area contributed by atoms with E-state index in [-0.39, 0.29) is 32.4 Å². The highest BCUT2D eigenvalue weighted by atomic mass is 32.2. The van der Waals surface area contributed by atoms with E-state index in [1.54, 1.807) is 24.3 Å². The third kappa shape index (κ3) is 7.89. The summed E-state index contributed by atoms with van der Waals surface area (Å²) in [6, 6.07) is 14.3. The molecule has 5 atom stereocenters. The quantitative estimate of drug-likeness (QED) is 0.309. The van der Waals surface area contributed by atoms with Crippen LogP contribution in [-0.4, -0.2) is 90.5 Å². The van der Waals surface area contributed by atoms with Gasteiger partial charge in [0.05, 0.1) is 28.3 Å². The lowest BCUT2D eigenvalue weighted by molar-refractivity contribution is -0.142. The topological polar surface area (TPSA) is 172 Å². The molecule has 1 saturated heterocycles. The second-order valence-corrected chi connectivity index (χ2v) is 19.1. The summed E-state index contributed by atoms with van der Waals surface area (Å²) in [4.78, 5) is 48.8. The van der Waals surface area contributed by atoms with Crippen molar-refractivity contribution in [2.45, 2.75) is 93.3 Å². The Balaban J connectivity index is 1.22. The molecule has 0 spiro atoms. The number of hydrogen-bond acceptors (Lipinski definition) is 10. The van der Waals surface area contributed by atoms with E-state index in [2.05, 4.69) is 15.0 Å². The van der Waals surface area contributed by atoms with Crippen molar-refractivity contribution in [3.63, 3.8) is 0 Å². The maximum absolute atomic E-state index is 14.8. The third-order valence-electron chi connectivity index (χ3n) is 10.3. The molecule has 13 nitrogen and oxygen atoms in total. The number of amides is 3. The first kappa shape index (κ1) is 36.5. The molecule has 1 aromatic heterocycles. The number of thiazole rings is 1. The molecule has 3 heterocycles. The lowest BCUT2D eigenvalue weighted by atomic mass is 10.0. The van der Waals surface area contributed by atoms with Crippen LogP contribution in [0.15, 0.2) is 66.7 Å². The minimum atomic E-state index is -3.92. The average Bonchev–Trinajstić information content (AvgIpc) is 3.99. The molecule has 0 radical (unpaired) electrons. The molecule has 52 heavy (non-hydrogen) atoms. The Hall–Kier alpha value is -3.86. The number of carbonyl (C=O) groups excluding carboxylic acids is 3. The molecule has 2 N–H and O–H groups in total. The van der Waals surface area contributed by atoms with Crippen molar-refractivity contribution in [1.82, 2.24) is 24.2 Å². The second kappa shape index (κ2) is 14.5. The summed E-state index contributed by atoms with van der Waals surface area (Å²) in [5.74, 6) is -2.40. The van der Waals surface area contributed by atoms with Crippen molar-refractivity contribution in [3.05, 3.63) is 72.3 Å². The highest BCUT2D eigenvalue weighted by Crippen LogP contribution is 2.46. The molecule has 16 heteroatoms. The molecule has 3 fully saturated rings. The van der Waals surface area contributed by atoms with Gasteiger partial charge in [0.1, 0.15) is 23.7 Å². The van der Waals surface area contributed by atoms with Crippen molar-refractivity contribution in [1.29, 1.82) is 0 Å². The van der Waals surface area contributed by atoms with E-state index in [1.165, 1.54) is 20.5 Å². The molecule has 2 aliphatic heterocycles. The number of aromatic nitrogens is 1. The van der Waals surface area contributed by atoms with E-state index in [0.717, 1.165) is 29.3 Å². The number of allylic oxidation sites excluding steroid dienone is 1. The largest absolute Gasteiger partial charge is 0.465 e. The van der Waals surface area contributed by atoms with Gasteiger partial charge in [-0.2, -0.15) is 4.31 Å². The van der Waals surface area contributed by atoms with Crippen molar-refractivity contribution < 1.29 is 36.0 Å². The van der Waals surface area contributed by atoms with Crippen molar-refractivity contribution in [2.75, 3.05) is 12.8 Å². The van der Waals surface area contributed by atoms with Gasteiger partial charge < -0.3 is 15.0 Å². The molecule has 0 bridgehead atoms. The number of benzene rings is 2. The van der Waals surface area contributed by atoms with Gasteiger partial charge in [0.15, 0.2) is 0 Å². The zero-order valence-electron chi connectivity index (χ0n) is 28.8. The Morgan fingerprint density at radius 3 is 2.52 bits per heavy atom. The van der Waals surface area contributed by atoms with Crippen LogP contribution >= 0.6 is 11.3 Å². The first-order chi connectivity index (χ1) is 24.8. The van der Waals surface area contributed by atoms with Gasteiger partial charge in [0.2, 0.25) is 31.9 Å². The monoisotopic (exact) mass is 769 g/mol. The molecule has 3 amide bonds. The fourth-order valence-electron chi connectivity index (χ4n) is 7.23. The molecule has 2 aromatic carbocycles. The minimum absolute atomic E-state index is 0.0229. The van der Waals surface area contributed by atoms with E-state index < -0.39 is 72.7 Å². The fourth-order valence-corrected chi connectivity index (χ4v) is 10.5. The second-order valence-electron chi connectivity index (χ2n) is 14.3. The van der Waals surface area contributed by atoms with Crippen LogP contribution in [0.2, 0.25) is 0 Å². The number of ether oxygens (including phenoxy) is 1. The number of hydrogen-bond donors (Lipinski definition) is 2. The molecule has 2 saturated carbocycles. The summed E-state index contributed by atoms with van der Waals surface area (Å²) in [5, 5.41) is 2.61. The van der Waals surface area contributed by atoms with Crippen LogP contribution in [0.5, 0.6) is 5.19 Å². The summed E-state index contributed by atoms with van der Waals surface area (Å²) < 4.78 is 63.1. The van der Waals surface area contributed by atoms with Crippen LogP contribution in [0.1, 0.15) is 63.4 Å². The van der Waals surface area contributed by atoms with Gasteiger partial charge >= 0.3 is 0 Å². The predicted molar refractivity (Wildman–Crippen MR) is 196 cm³/mol. The van der Waals surface area contributed by atoms with Crippen molar-refractivity contribution in [2.24, 2.45) is 5.92 Å². The number of carbonyl (C=O) groups is 3. The highest BCUT2D eigenvalue weighted by molar-refractivity contribution is 7.91. The first-order valence-corrected chi connectivity index (χ1v) is 21.9. The number of nitrogens with zero attached hydrogens (tertiary/aromatic N) is 3. The standard InChI is InChI=1S/C36H43N5O8S3/c1-51(45,46)41(22-24-12-6-5-7-13-24)29-16-9-4-2-3-8-14-25-21-36(25,34(44)39-52(47,48)27-18-19-27)38-32(42)30-20-26(23-40(30)33(29)43)49-35-37-28-15-10-11-17-31(28)50-35/h5-8,10-15,17,25-27,29-30H,2-4,9,16,18-23H2,1H3,(H,38,42)(H,39,44)/b14-8-/t25-,26-,29+,30+,36-/m1/s1. The zero-order valence-corrected chi connectivity index (χ0v) is 31.3. The molecule has 4 aliphatic rings. The molecular formula is C36H43N5O8S3. The van der Waals surface area contributed by atoms with Gasteiger partial charge in [-0.3, -0.25) is 19.1 Å². The number of rotatable bonds is 9. The van der Waals surface area contributed by atoms with Crippen LogP contribution in [-0.2, 0) is 41.0 Å². The third-order valence-corrected chi connectivity index (χ3v) is 14.3. The zero-order chi connectivity index (χ0) is 36.7. The molecule has 3 aromatic rings. The van der Waals surface area contributed by atoms with Gasteiger partial charge in [-0.15, -0.1) is 0 Å². The number of nitrogens with one attached hydrogen (secondary N) is 2. The van der Waals surface area contributed by atoms with Crippen LogP contribution < -0.4 is 14.8 Å². The van der Waals surface area contributed by atoms with Crippen LogP contribution in [0.25, 0.3) is 10.2 Å². The van der Waals surface area contributed by atoms with E-state index >= 15 is 0 Å². The van der Waals surface area contributed by atoms with Gasteiger partial charge in [-0.1, -0.05) is 78.8 Å². The molecular weight excluding hydrogens is 727 g/mol. The van der Waals surface area contributed by atoms with Gasteiger partial charge in [-0.25, -0.2) is 21.8 Å². The van der Waals surface area contributed by atoms with Gasteiger partial charge in [0, 0.05) is 18.9 Å². The Bertz CT molecular complexity index is 2050.